The molecular weight excluding hydrogens is 416 g/mol. The van der Waals surface area contributed by atoms with Gasteiger partial charge in [-0.25, -0.2) is 0 Å². The lowest BCUT2D eigenvalue weighted by Crippen LogP contribution is -2.48. The average molecular weight is 443 g/mol. The molecule has 3 aromatic rings. The Morgan fingerprint density at radius 2 is 1.77 bits per heavy atom. The molecule has 1 aromatic carbocycles. The Morgan fingerprint density at radius 3 is 2.47 bits per heavy atom. The molecule has 30 heavy (non-hydrogen) atoms. The molecular formula is C23H27ClN4OS. The first-order chi connectivity index (χ1) is 14.6. The summed E-state index contributed by atoms with van der Waals surface area (Å²) in [6, 6.07) is 10.4. The molecule has 0 aliphatic carbocycles. The zero-order chi connectivity index (χ0) is 20.7. The number of fused-ring (bicyclic) bond motifs is 1. The number of halogens is 1. The Hall–Kier alpha value is -1.89. The largest absolute Gasteiger partial charge is 0.338 e. The van der Waals surface area contributed by atoms with E-state index in [-0.39, 0.29) is 5.91 Å². The van der Waals surface area contributed by atoms with Crippen LogP contribution in [0.1, 0.15) is 41.8 Å². The summed E-state index contributed by atoms with van der Waals surface area (Å²) in [7, 11) is 1.94. The van der Waals surface area contributed by atoms with Crippen LogP contribution in [-0.4, -0.2) is 57.7 Å². The number of carbonyl (C=O) groups is 1. The Bertz CT molecular complexity index is 1040. The van der Waals surface area contributed by atoms with Gasteiger partial charge in [0.05, 0.1) is 4.88 Å². The van der Waals surface area contributed by atoms with Crippen molar-refractivity contribution in [1.82, 2.24) is 19.6 Å². The van der Waals surface area contributed by atoms with Crippen molar-refractivity contribution in [3.05, 3.63) is 40.2 Å². The van der Waals surface area contributed by atoms with E-state index in [2.05, 4.69) is 10.00 Å². The van der Waals surface area contributed by atoms with Crippen molar-refractivity contribution in [3.8, 4) is 11.3 Å². The van der Waals surface area contributed by atoms with Crippen molar-refractivity contribution in [2.24, 2.45) is 7.05 Å². The summed E-state index contributed by atoms with van der Waals surface area (Å²) in [5.74, 6) is 0.162. The number of carbonyl (C=O) groups excluding carboxylic acids is 1. The minimum Gasteiger partial charge on any atom is -0.338 e. The molecule has 1 amide bonds. The quantitative estimate of drug-likeness (QED) is 0.570. The molecule has 0 radical (unpaired) electrons. The van der Waals surface area contributed by atoms with E-state index in [1.807, 2.05) is 47.0 Å². The highest BCUT2D eigenvalue weighted by atomic mass is 35.5. The minimum atomic E-state index is 0.162. The van der Waals surface area contributed by atoms with Crippen LogP contribution in [0.5, 0.6) is 0 Å². The minimum absolute atomic E-state index is 0.162. The fourth-order valence-corrected chi connectivity index (χ4v) is 6.01. The number of hydrogen-bond donors (Lipinski definition) is 0. The van der Waals surface area contributed by atoms with Crippen LogP contribution < -0.4 is 0 Å². The third-order valence-electron chi connectivity index (χ3n) is 6.50. The average Bonchev–Trinajstić information content (AvgIpc) is 3.35. The zero-order valence-electron chi connectivity index (χ0n) is 17.3. The van der Waals surface area contributed by atoms with Crippen molar-refractivity contribution in [3.63, 3.8) is 0 Å². The first kappa shape index (κ1) is 20.0. The van der Waals surface area contributed by atoms with Crippen LogP contribution in [0.25, 0.3) is 21.5 Å². The van der Waals surface area contributed by atoms with E-state index in [0.29, 0.717) is 11.1 Å². The van der Waals surface area contributed by atoms with Gasteiger partial charge in [-0.2, -0.15) is 5.10 Å². The maximum absolute atomic E-state index is 13.2. The predicted molar refractivity (Wildman–Crippen MR) is 123 cm³/mol. The van der Waals surface area contributed by atoms with Gasteiger partial charge in [0.25, 0.3) is 5.91 Å². The van der Waals surface area contributed by atoms with E-state index in [1.165, 1.54) is 32.4 Å². The van der Waals surface area contributed by atoms with Gasteiger partial charge < -0.3 is 9.80 Å². The second-order valence-corrected chi connectivity index (χ2v) is 9.90. The predicted octanol–water partition coefficient (Wildman–Crippen LogP) is 5.05. The number of aromatic nitrogens is 2. The number of benzene rings is 1. The van der Waals surface area contributed by atoms with Gasteiger partial charge in [0, 0.05) is 42.2 Å². The van der Waals surface area contributed by atoms with E-state index in [1.54, 1.807) is 11.3 Å². The third kappa shape index (κ3) is 3.77. The SMILES string of the molecule is Cn1nc(-c2ccc(Cl)cc2)c2cc(C(=O)N3CCC(N4CCCCC4)CC3)sc21. The van der Waals surface area contributed by atoms with E-state index in [9.17, 15) is 4.79 Å². The fourth-order valence-electron chi connectivity index (χ4n) is 4.84. The number of amides is 1. The number of thiophene rings is 1. The van der Waals surface area contributed by atoms with Crippen LogP contribution >= 0.6 is 22.9 Å². The summed E-state index contributed by atoms with van der Waals surface area (Å²) < 4.78 is 1.88. The number of likely N-dealkylation sites (tertiary alicyclic amines) is 2. The van der Waals surface area contributed by atoms with E-state index >= 15 is 0 Å². The topological polar surface area (TPSA) is 41.4 Å². The molecule has 5 rings (SSSR count). The molecule has 158 valence electrons. The van der Waals surface area contributed by atoms with Crippen LogP contribution in [0.4, 0.5) is 0 Å². The van der Waals surface area contributed by atoms with Crippen molar-refractivity contribution in [2.75, 3.05) is 26.2 Å². The zero-order valence-corrected chi connectivity index (χ0v) is 18.9. The molecule has 2 saturated heterocycles. The van der Waals surface area contributed by atoms with Crippen LogP contribution in [0.2, 0.25) is 5.02 Å². The first-order valence-electron chi connectivity index (χ1n) is 10.9. The smallest absolute Gasteiger partial charge is 0.264 e. The van der Waals surface area contributed by atoms with Crippen LogP contribution in [0.15, 0.2) is 30.3 Å². The fraction of sp³-hybridized carbons (Fsp3) is 0.478. The number of rotatable bonds is 3. The van der Waals surface area contributed by atoms with Crippen molar-refractivity contribution in [2.45, 2.75) is 38.1 Å². The normalized spacial score (nSPS) is 18.9. The van der Waals surface area contributed by atoms with Gasteiger partial charge in [0.15, 0.2) is 0 Å². The summed E-state index contributed by atoms with van der Waals surface area (Å²) in [6.07, 6.45) is 6.20. The van der Waals surface area contributed by atoms with Gasteiger partial charge in [-0.05, 0) is 57.0 Å². The highest BCUT2D eigenvalue weighted by Gasteiger charge is 2.29. The molecule has 0 spiro atoms. The van der Waals surface area contributed by atoms with Crippen molar-refractivity contribution >= 4 is 39.1 Å². The Balaban J connectivity index is 1.33. The summed E-state index contributed by atoms with van der Waals surface area (Å²) >= 11 is 7.58. The van der Waals surface area contributed by atoms with Gasteiger partial charge >= 0.3 is 0 Å². The van der Waals surface area contributed by atoms with E-state index in [4.69, 9.17) is 11.6 Å². The summed E-state index contributed by atoms with van der Waals surface area (Å²) in [5.41, 5.74) is 1.92. The molecule has 0 unspecified atom stereocenters. The maximum Gasteiger partial charge on any atom is 0.264 e. The van der Waals surface area contributed by atoms with Gasteiger partial charge in [-0.1, -0.05) is 30.2 Å². The summed E-state index contributed by atoms with van der Waals surface area (Å²) in [4.78, 5) is 19.8. The summed E-state index contributed by atoms with van der Waals surface area (Å²) in [5, 5.41) is 6.42. The van der Waals surface area contributed by atoms with Gasteiger partial charge in [0.2, 0.25) is 0 Å². The maximum atomic E-state index is 13.2. The van der Waals surface area contributed by atoms with Crippen LogP contribution in [-0.2, 0) is 7.05 Å². The number of aryl methyl sites for hydroxylation is 1. The Kier molecular flexibility index (Phi) is 5.56. The molecule has 2 aliphatic heterocycles. The monoisotopic (exact) mass is 442 g/mol. The molecule has 0 saturated carbocycles. The lowest BCUT2D eigenvalue weighted by molar-refractivity contribution is 0.0594. The molecule has 4 heterocycles. The van der Waals surface area contributed by atoms with E-state index in [0.717, 1.165) is 52.3 Å². The molecule has 0 bridgehead atoms. The second kappa shape index (κ2) is 8.33. The number of hydrogen-bond acceptors (Lipinski definition) is 4. The molecule has 0 atom stereocenters. The van der Waals surface area contributed by atoms with Gasteiger partial charge in [-0.15, -0.1) is 11.3 Å². The lowest BCUT2D eigenvalue weighted by Gasteiger charge is -2.40. The lowest BCUT2D eigenvalue weighted by atomic mass is 10.00. The molecule has 2 fully saturated rings. The van der Waals surface area contributed by atoms with Gasteiger partial charge in [-0.3, -0.25) is 9.48 Å². The molecule has 7 heteroatoms. The molecule has 0 N–H and O–H groups in total. The van der Waals surface area contributed by atoms with Gasteiger partial charge in [0.1, 0.15) is 10.5 Å². The molecule has 2 aromatic heterocycles. The highest BCUT2D eigenvalue weighted by molar-refractivity contribution is 7.20. The summed E-state index contributed by atoms with van der Waals surface area (Å²) in [6.45, 7) is 4.18. The first-order valence-corrected chi connectivity index (χ1v) is 12.1. The molecule has 5 nitrogen and oxygen atoms in total. The van der Waals surface area contributed by atoms with E-state index < -0.39 is 0 Å². The van der Waals surface area contributed by atoms with Crippen molar-refractivity contribution < 1.29 is 4.79 Å². The van der Waals surface area contributed by atoms with Crippen LogP contribution in [0.3, 0.4) is 0 Å². The number of nitrogens with zero attached hydrogens (tertiary/aromatic N) is 4. The standard InChI is InChI=1S/C23H27ClN4OS/c1-26-23-19(21(25-26)16-5-7-17(24)8-6-16)15-20(30-23)22(29)28-13-9-18(10-14-28)27-11-3-2-4-12-27/h5-8,15,18H,2-4,9-14H2,1H3. The molecule has 2 aliphatic rings. The second-order valence-electron chi connectivity index (χ2n) is 8.43. The Labute approximate surface area is 186 Å². The third-order valence-corrected chi connectivity index (χ3v) is 7.94. The number of piperidine rings is 2. The van der Waals surface area contributed by atoms with Crippen molar-refractivity contribution in [1.29, 1.82) is 0 Å². The highest BCUT2D eigenvalue weighted by Crippen LogP contribution is 2.35. The Morgan fingerprint density at radius 1 is 1.07 bits per heavy atom. The van der Waals surface area contributed by atoms with Crippen LogP contribution in [0, 0.1) is 0 Å².